The van der Waals surface area contributed by atoms with Crippen LogP contribution in [0.15, 0.2) is 77.4 Å². The normalized spacial score (nSPS) is 16.3. The van der Waals surface area contributed by atoms with Gasteiger partial charge in [0, 0.05) is 13.2 Å². The number of aromatic nitrogens is 3. The summed E-state index contributed by atoms with van der Waals surface area (Å²) in [5, 5.41) is 11.3. The molecule has 2 atom stereocenters. The summed E-state index contributed by atoms with van der Waals surface area (Å²) >= 11 is 0. The molecule has 5 rings (SSSR count). The molecule has 1 aliphatic heterocycles. The maximum absolute atomic E-state index is 13.8. The largest absolute Gasteiger partial charge is 0.467 e. The highest BCUT2D eigenvalue weighted by Gasteiger charge is 2.34. The van der Waals surface area contributed by atoms with E-state index in [1.54, 1.807) is 28.0 Å². The highest BCUT2D eigenvalue weighted by atomic mass is 16.5. The van der Waals surface area contributed by atoms with Crippen LogP contribution >= 0.6 is 0 Å². The maximum atomic E-state index is 13.8. The topological polar surface area (TPSA) is 102 Å². The smallest absolute Gasteiger partial charge is 0.247 e. The second-order valence-electron chi connectivity index (χ2n) is 8.53. The van der Waals surface area contributed by atoms with Gasteiger partial charge in [0.1, 0.15) is 23.9 Å². The molecule has 1 saturated heterocycles. The molecule has 2 aromatic heterocycles. The molecule has 9 nitrogen and oxygen atoms in total. The molecule has 1 fully saturated rings. The van der Waals surface area contributed by atoms with Crippen molar-refractivity contribution < 1.29 is 18.7 Å². The summed E-state index contributed by atoms with van der Waals surface area (Å²) in [6, 6.07) is 19.5. The molecule has 9 heteroatoms. The number of para-hydroxylation sites is 1. The Morgan fingerprint density at radius 3 is 2.69 bits per heavy atom. The third-order valence-electron chi connectivity index (χ3n) is 6.14. The minimum absolute atomic E-state index is 0.0397. The monoisotopic (exact) mass is 473 g/mol. The van der Waals surface area contributed by atoms with Crippen molar-refractivity contribution in [3.05, 3.63) is 84.3 Å². The van der Waals surface area contributed by atoms with Crippen LogP contribution in [0.5, 0.6) is 0 Å². The average molecular weight is 474 g/mol. The van der Waals surface area contributed by atoms with Crippen molar-refractivity contribution in [1.82, 2.24) is 25.2 Å². The second kappa shape index (κ2) is 10.5. The predicted molar refractivity (Wildman–Crippen MR) is 128 cm³/mol. The van der Waals surface area contributed by atoms with Crippen molar-refractivity contribution in [2.45, 2.75) is 38.1 Å². The maximum Gasteiger partial charge on any atom is 0.247 e. The van der Waals surface area contributed by atoms with E-state index in [0.717, 1.165) is 23.9 Å². The first-order valence-electron chi connectivity index (χ1n) is 11.7. The number of fused-ring (bicyclic) bond motifs is 1. The van der Waals surface area contributed by atoms with Crippen LogP contribution in [0.25, 0.3) is 11.0 Å². The number of ether oxygens (including phenoxy) is 1. The number of benzene rings is 2. The molecule has 180 valence electrons. The van der Waals surface area contributed by atoms with Gasteiger partial charge in [0.15, 0.2) is 0 Å². The number of carbonyl (C=O) groups is 2. The summed E-state index contributed by atoms with van der Waals surface area (Å²) in [5.41, 5.74) is 2.19. The van der Waals surface area contributed by atoms with Crippen molar-refractivity contribution in [3.63, 3.8) is 0 Å². The third-order valence-corrected chi connectivity index (χ3v) is 6.14. The van der Waals surface area contributed by atoms with E-state index in [4.69, 9.17) is 9.15 Å². The minimum atomic E-state index is -0.836. The summed E-state index contributed by atoms with van der Waals surface area (Å²) in [7, 11) is 0. The predicted octanol–water partition coefficient (Wildman–Crippen LogP) is 3.09. The Balaban J connectivity index is 1.45. The van der Waals surface area contributed by atoms with Crippen LogP contribution in [-0.4, -0.2) is 51.0 Å². The number of rotatable bonds is 9. The zero-order chi connectivity index (χ0) is 24.0. The van der Waals surface area contributed by atoms with Gasteiger partial charge in [0.25, 0.3) is 0 Å². The van der Waals surface area contributed by atoms with Crippen LogP contribution < -0.4 is 5.32 Å². The van der Waals surface area contributed by atoms with Crippen LogP contribution in [0.3, 0.4) is 0 Å². The van der Waals surface area contributed by atoms with Crippen molar-refractivity contribution in [2.75, 3.05) is 13.2 Å². The Morgan fingerprint density at radius 1 is 1.09 bits per heavy atom. The molecule has 2 amide bonds. The molecule has 4 aromatic rings. The zero-order valence-corrected chi connectivity index (χ0v) is 19.2. The molecule has 0 bridgehead atoms. The Bertz CT molecular complexity index is 1270. The molecular weight excluding hydrogens is 446 g/mol. The fourth-order valence-electron chi connectivity index (χ4n) is 4.40. The van der Waals surface area contributed by atoms with Gasteiger partial charge in [-0.2, -0.15) is 0 Å². The first-order chi connectivity index (χ1) is 17.2. The fourth-order valence-corrected chi connectivity index (χ4v) is 4.40. The molecule has 0 radical (unpaired) electrons. The number of hydrogen-bond acceptors (Lipinski definition) is 6. The molecule has 2 aromatic carbocycles. The quantitative estimate of drug-likeness (QED) is 0.401. The van der Waals surface area contributed by atoms with Crippen molar-refractivity contribution in [2.24, 2.45) is 0 Å². The van der Waals surface area contributed by atoms with E-state index in [0.29, 0.717) is 24.4 Å². The highest BCUT2D eigenvalue weighted by Crippen LogP contribution is 2.25. The Kier molecular flexibility index (Phi) is 6.85. The SMILES string of the molecule is O=C(NCc1ccco1)[C@@H](c1ccccc1)N(C[C@H]1CCCO1)C(=O)Cn1nnc2ccccc21. The van der Waals surface area contributed by atoms with Crippen LogP contribution in [-0.2, 0) is 27.4 Å². The summed E-state index contributed by atoms with van der Waals surface area (Å²) < 4.78 is 12.8. The fraction of sp³-hybridized carbons (Fsp3) is 0.308. The molecule has 0 spiro atoms. The Labute approximate surface area is 202 Å². The van der Waals surface area contributed by atoms with E-state index in [9.17, 15) is 9.59 Å². The number of nitrogens with one attached hydrogen (secondary N) is 1. The average Bonchev–Trinajstić information content (AvgIpc) is 3.66. The van der Waals surface area contributed by atoms with Crippen LogP contribution in [0.4, 0.5) is 0 Å². The summed E-state index contributed by atoms with van der Waals surface area (Å²) in [6.45, 7) is 1.15. The first-order valence-corrected chi connectivity index (χ1v) is 11.7. The van der Waals surface area contributed by atoms with Crippen LogP contribution in [0.1, 0.15) is 30.2 Å². The van der Waals surface area contributed by atoms with E-state index < -0.39 is 6.04 Å². The van der Waals surface area contributed by atoms with Gasteiger partial charge in [-0.05, 0) is 42.7 Å². The lowest BCUT2D eigenvalue weighted by atomic mass is 10.0. The molecule has 35 heavy (non-hydrogen) atoms. The van der Waals surface area contributed by atoms with Crippen molar-refractivity contribution in [1.29, 1.82) is 0 Å². The number of hydrogen-bond donors (Lipinski definition) is 1. The molecule has 1 N–H and O–H groups in total. The van der Waals surface area contributed by atoms with Gasteiger partial charge in [-0.15, -0.1) is 5.10 Å². The Morgan fingerprint density at radius 2 is 1.91 bits per heavy atom. The van der Waals surface area contributed by atoms with Gasteiger partial charge in [-0.25, -0.2) is 4.68 Å². The highest BCUT2D eigenvalue weighted by molar-refractivity contribution is 5.89. The number of carbonyl (C=O) groups excluding carboxylic acids is 2. The van der Waals surface area contributed by atoms with Gasteiger partial charge in [0.2, 0.25) is 11.8 Å². The molecule has 0 aliphatic carbocycles. The lowest BCUT2D eigenvalue weighted by Crippen LogP contribution is -2.47. The molecular formula is C26H27N5O4. The first kappa shape index (κ1) is 22.8. The van der Waals surface area contributed by atoms with Gasteiger partial charge < -0.3 is 19.4 Å². The van der Waals surface area contributed by atoms with E-state index >= 15 is 0 Å². The summed E-state index contributed by atoms with van der Waals surface area (Å²) in [5.74, 6) is 0.108. The van der Waals surface area contributed by atoms with Crippen LogP contribution in [0, 0.1) is 0 Å². The van der Waals surface area contributed by atoms with Crippen LogP contribution in [0.2, 0.25) is 0 Å². The van der Waals surface area contributed by atoms with E-state index in [-0.39, 0.29) is 31.0 Å². The van der Waals surface area contributed by atoms with Gasteiger partial charge in [0.05, 0.1) is 24.4 Å². The third kappa shape index (κ3) is 5.25. The zero-order valence-electron chi connectivity index (χ0n) is 19.2. The summed E-state index contributed by atoms with van der Waals surface area (Å²) in [6.07, 6.45) is 3.20. The van der Waals surface area contributed by atoms with Crippen molar-refractivity contribution in [3.8, 4) is 0 Å². The minimum Gasteiger partial charge on any atom is -0.467 e. The molecule has 3 heterocycles. The van der Waals surface area contributed by atoms with E-state index in [1.165, 1.54) is 0 Å². The molecule has 0 unspecified atom stereocenters. The number of furan rings is 1. The lowest BCUT2D eigenvalue weighted by Gasteiger charge is -2.33. The van der Waals surface area contributed by atoms with E-state index in [2.05, 4.69) is 15.6 Å². The van der Waals surface area contributed by atoms with Gasteiger partial charge in [-0.3, -0.25) is 9.59 Å². The second-order valence-corrected chi connectivity index (χ2v) is 8.53. The Hall–Kier alpha value is -3.98. The summed E-state index contributed by atoms with van der Waals surface area (Å²) in [4.78, 5) is 28.9. The number of nitrogens with zero attached hydrogens (tertiary/aromatic N) is 4. The lowest BCUT2D eigenvalue weighted by molar-refractivity contribution is -0.143. The standard InChI is InChI=1S/C26H27N5O4/c32-24(18-31-23-13-5-4-12-22(23)28-29-31)30(17-21-11-7-15-35-21)25(19-8-2-1-3-9-19)26(33)27-16-20-10-6-14-34-20/h1-6,8-10,12-14,21,25H,7,11,15-18H2,(H,27,33)/t21-,25-/m1/s1. The van der Waals surface area contributed by atoms with Crippen molar-refractivity contribution >= 4 is 22.8 Å². The molecule has 0 saturated carbocycles. The number of amides is 2. The van der Waals surface area contributed by atoms with Gasteiger partial charge in [-0.1, -0.05) is 47.7 Å². The van der Waals surface area contributed by atoms with E-state index in [1.807, 2.05) is 54.6 Å². The molecule has 1 aliphatic rings. The van der Waals surface area contributed by atoms with Gasteiger partial charge >= 0.3 is 0 Å².